The van der Waals surface area contributed by atoms with Crippen LogP contribution in [0.15, 0.2) is 54.9 Å². The highest BCUT2D eigenvalue weighted by molar-refractivity contribution is 5.88. The first kappa shape index (κ1) is 14.1. The fraction of sp³-hybridized carbons (Fsp3) is 0.350. The van der Waals surface area contributed by atoms with Crippen LogP contribution in [0.25, 0.3) is 11.0 Å². The predicted molar refractivity (Wildman–Crippen MR) is 97.0 cm³/mol. The van der Waals surface area contributed by atoms with Crippen molar-refractivity contribution < 1.29 is 0 Å². The van der Waals surface area contributed by atoms with Crippen LogP contribution < -0.4 is 4.90 Å². The molecule has 5 rings (SSSR count). The number of nitrogens with zero attached hydrogens (tertiary/aromatic N) is 3. The Morgan fingerprint density at radius 2 is 1.71 bits per heavy atom. The molecule has 0 saturated carbocycles. The summed E-state index contributed by atoms with van der Waals surface area (Å²) >= 11 is 0. The lowest BCUT2D eigenvalue weighted by Gasteiger charge is -2.23. The lowest BCUT2D eigenvalue weighted by atomic mass is 10.0. The van der Waals surface area contributed by atoms with Crippen molar-refractivity contribution >= 4 is 16.7 Å². The van der Waals surface area contributed by atoms with E-state index in [0.717, 1.165) is 42.5 Å². The molecular formula is C20H22N4. The summed E-state index contributed by atoms with van der Waals surface area (Å²) in [6, 6.07) is 17.3. The van der Waals surface area contributed by atoms with Gasteiger partial charge in [0.1, 0.15) is 5.52 Å². The van der Waals surface area contributed by atoms with Gasteiger partial charge < -0.3 is 9.88 Å². The summed E-state index contributed by atoms with van der Waals surface area (Å²) in [7, 11) is 0. The zero-order chi connectivity index (χ0) is 15.9. The van der Waals surface area contributed by atoms with Crippen LogP contribution in [0.4, 0.5) is 5.69 Å². The molecule has 1 aromatic heterocycles. The van der Waals surface area contributed by atoms with E-state index in [0.29, 0.717) is 0 Å². The van der Waals surface area contributed by atoms with Crippen molar-refractivity contribution in [3.63, 3.8) is 0 Å². The average molecular weight is 318 g/mol. The number of hydrogen-bond donors (Lipinski definition) is 1. The number of anilines is 1. The molecule has 122 valence electrons. The number of benzene rings is 2. The number of hydrogen-bond acceptors (Lipinski definition) is 3. The minimum absolute atomic E-state index is 0.780. The van der Waals surface area contributed by atoms with E-state index in [2.05, 4.69) is 68.3 Å². The van der Waals surface area contributed by atoms with Crippen molar-refractivity contribution in [1.82, 2.24) is 14.9 Å². The Morgan fingerprint density at radius 1 is 0.917 bits per heavy atom. The molecule has 1 N–H and O–H groups in total. The molecule has 2 saturated heterocycles. The maximum atomic E-state index is 4.52. The second kappa shape index (κ2) is 5.64. The van der Waals surface area contributed by atoms with Crippen LogP contribution in [-0.2, 0) is 6.54 Å². The number of imidazole rings is 1. The Morgan fingerprint density at radius 3 is 2.50 bits per heavy atom. The number of fused-ring (bicyclic) bond motifs is 2. The van der Waals surface area contributed by atoms with Gasteiger partial charge in [0.15, 0.2) is 0 Å². The average Bonchev–Trinajstić information content (AvgIpc) is 3.29. The van der Waals surface area contributed by atoms with Gasteiger partial charge in [0, 0.05) is 32.7 Å². The predicted octanol–water partition coefficient (Wildman–Crippen LogP) is 3.13. The van der Waals surface area contributed by atoms with Crippen LogP contribution in [0, 0.1) is 11.8 Å². The molecule has 2 aliphatic rings. The topological polar surface area (TPSA) is 35.2 Å². The first-order valence-corrected chi connectivity index (χ1v) is 8.80. The molecule has 2 aliphatic heterocycles. The molecular weight excluding hydrogens is 296 g/mol. The third kappa shape index (κ3) is 2.38. The normalized spacial score (nSPS) is 23.9. The highest BCUT2D eigenvalue weighted by Crippen LogP contribution is 2.36. The minimum atomic E-state index is 0.780. The van der Waals surface area contributed by atoms with Crippen molar-refractivity contribution in [2.75, 3.05) is 31.1 Å². The summed E-state index contributed by atoms with van der Waals surface area (Å²) in [5, 5.41) is 0. The lowest BCUT2D eigenvalue weighted by Crippen LogP contribution is -2.28. The van der Waals surface area contributed by atoms with Crippen molar-refractivity contribution in [2.24, 2.45) is 11.8 Å². The van der Waals surface area contributed by atoms with Gasteiger partial charge in [-0.3, -0.25) is 4.90 Å². The first-order valence-electron chi connectivity index (χ1n) is 8.80. The van der Waals surface area contributed by atoms with Gasteiger partial charge in [-0.15, -0.1) is 0 Å². The molecule has 2 fully saturated rings. The zero-order valence-electron chi connectivity index (χ0n) is 13.7. The SMILES string of the molecule is c1ccc(CN2CC3CN(c4cccc5[nH]cnc45)CC3C2)cc1. The van der Waals surface area contributed by atoms with Gasteiger partial charge in [0.25, 0.3) is 0 Å². The van der Waals surface area contributed by atoms with E-state index in [1.807, 2.05) is 0 Å². The summed E-state index contributed by atoms with van der Waals surface area (Å²) in [5.41, 5.74) is 4.96. The van der Waals surface area contributed by atoms with Crippen molar-refractivity contribution in [2.45, 2.75) is 6.54 Å². The van der Waals surface area contributed by atoms with E-state index in [-0.39, 0.29) is 0 Å². The largest absolute Gasteiger partial charge is 0.369 e. The maximum absolute atomic E-state index is 4.52. The molecule has 3 heterocycles. The van der Waals surface area contributed by atoms with Gasteiger partial charge in [-0.25, -0.2) is 4.98 Å². The third-order valence-electron chi connectivity index (χ3n) is 5.58. The summed E-state index contributed by atoms with van der Waals surface area (Å²) < 4.78 is 0. The van der Waals surface area contributed by atoms with Gasteiger partial charge >= 0.3 is 0 Å². The lowest BCUT2D eigenvalue weighted by molar-refractivity contribution is 0.309. The Kier molecular flexibility index (Phi) is 3.30. The summed E-state index contributed by atoms with van der Waals surface area (Å²) in [5.74, 6) is 1.56. The van der Waals surface area contributed by atoms with Crippen LogP contribution in [0.1, 0.15) is 5.56 Å². The Balaban J connectivity index is 1.29. The van der Waals surface area contributed by atoms with E-state index < -0.39 is 0 Å². The van der Waals surface area contributed by atoms with Crippen LogP contribution >= 0.6 is 0 Å². The first-order chi connectivity index (χ1) is 11.9. The standard InChI is InChI=1S/C20H22N4/c1-2-5-15(6-3-1)9-23-10-16-12-24(13-17(16)11-23)19-8-4-7-18-20(19)22-14-21-18/h1-8,14,16-17H,9-13H2,(H,21,22). The second-order valence-electron chi connectivity index (χ2n) is 7.18. The van der Waals surface area contributed by atoms with Crippen LogP contribution in [-0.4, -0.2) is 41.0 Å². The molecule has 0 aliphatic carbocycles. The fourth-order valence-corrected chi connectivity index (χ4v) is 4.46. The number of likely N-dealkylation sites (tertiary alicyclic amines) is 1. The van der Waals surface area contributed by atoms with Crippen LogP contribution in [0.2, 0.25) is 0 Å². The number of H-pyrrole nitrogens is 1. The van der Waals surface area contributed by atoms with Crippen LogP contribution in [0.5, 0.6) is 0 Å². The number of aromatic nitrogens is 2. The van der Waals surface area contributed by atoms with Gasteiger partial charge in [-0.2, -0.15) is 0 Å². The quantitative estimate of drug-likeness (QED) is 0.806. The molecule has 24 heavy (non-hydrogen) atoms. The molecule has 2 aromatic carbocycles. The molecule has 2 atom stereocenters. The molecule has 0 bridgehead atoms. The van der Waals surface area contributed by atoms with Gasteiger partial charge in [-0.05, 0) is 29.5 Å². The van der Waals surface area contributed by atoms with E-state index in [1.165, 1.54) is 24.3 Å². The van der Waals surface area contributed by atoms with E-state index in [4.69, 9.17) is 0 Å². The van der Waals surface area contributed by atoms with E-state index in [9.17, 15) is 0 Å². The van der Waals surface area contributed by atoms with Crippen LogP contribution in [0.3, 0.4) is 0 Å². The Hall–Kier alpha value is -2.33. The molecule has 0 radical (unpaired) electrons. The monoisotopic (exact) mass is 318 g/mol. The molecule has 3 aromatic rings. The number of nitrogens with one attached hydrogen (secondary N) is 1. The minimum Gasteiger partial charge on any atom is -0.369 e. The van der Waals surface area contributed by atoms with Crippen molar-refractivity contribution in [3.05, 3.63) is 60.4 Å². The summed E-state index contributed by atoms with van der Waals surface area (Å²) in [4.78, 5) is 12.9. The second-order valence-corrected chi connectivity index (χ2v) is 7.18. The molecule has 0 amide bonds. The highest BCUT2D eigenvalue weighted by atomic mass is 15.2. The smallest absolute Gasteiger partial charge is 0.112 e. The summed E-state index contributed by atoms with van der Waals surface area (Å²) in [6.07, 6.45) is 1.80. The van der Waals surface area contributed by atoms with E-state index in [1.54, 1.807) is 6.33 Å². The van der Waals surface area contributed by atoms with Crippen molar-refractivity contribution in [3.8, 4) is 0 Å². The maximum Gasteiger partial charge on any atom is 0.112 e. The summed E-state index contributed by atoms with van der Waals surface area (Å²) in [6.45, 7) is 5.83. The number of rotatable bonds is 3. The molecule has 4 heteroatoms. The highest BCUT2D eigenvalue weighted by Gasteiger charge is 2.40. The molecule has 4 nitrogen and oxygen atoms in total. The molecule has 2 unspecified atom stereocenters. The van der Waals surface area contributed by atoms with E-state index >= 15 is 0 Å². The van der Waals surface area contributed by atoms with Crippen molar-refractivity contribution in [1.29, 1.82) is 0 Å². The third-order valence-corrected chi connectivity index (χ3v) is 5.58. The molecule has 0 spiro atoms. The number of para-hydroxylation sites is 1. The van der Waals surface area contributed by atoms with Gasteiger partial charge in [0.05, 0.1) is 17.5 Å². The fourth-order valence-electron chi connectivity index (χ4n) is 4.46. The van der Waals surface area contributed by atoms with Gasteiger partial charge in [-0.1, -0.05) is 36.4 Å². The zero-order valence-corrected chi connectivity index (χ0v) is 13.7. The number of aromatic amines is 1. The van der Waals surface area contributed by atoms with Gasteiger partial charge in [0.2, 0.25) is 0 Å². The Bertz CT molecular complexity index is 827. The Labute approximate surface area is 142 Å².